The second-order valence-electron chi connectivity index (χ2n) is 7.32. The van der Waals surface area contributed by atoms with Gasteiger partial charge in [0, 0.05) is 12.0 Å². The Morgan fingerprint density at radius 3 is 1.31 bits per heavy atom. The second kappa shape index (κ2) is 18.9. The molecule has 0 spiro atoms. The van der Waals surface area contributed by atoms with E-state index in [0.717, 1.165) is 0 Å². The summed E-state index contributed by atoms with van der Waals surface area (Å²) < 4.78 is 31.9. The van der Waals surface area contributed by atoms with Gasteiger partial charge in [-0.05, 0) is 6.92 Å². The number of ketones is 1. The van der Waals surface area contributed by atoms with Gasteiger partial charge in [-0.15, -0.1) is 0 Å². The average Bonchev–Trinajstić information content (AvgIpc) is 2.65. The van der Waals surface area contributed by atoms with Crippen molar-refractivity contribution in [3.05, 3.63) is 0 Å². The molecule has 9 heteroatoms. The summed E-state index contributed by atoms with van der Waals surface area (Å²) in [6.45, 7) is 13.0. The summed E-state index contributed by atoms with van der Waals surface area (Å²) in [5.74, 6) is 0.0205. The van der Waals surface area contributed by atoms with E-state index in [4.69, 9.17) is 28.4 Å². The van der Waals surface area contributed by atoms with Crippen LogP contribution in [-0.4, -0.2) is 97.5 Å². The van der Waals surface area contributed by atoms with Gasteiger partial charge in [0.05, 0.1) is 72.7 Å². The Hall–Kier alpha value is -1.10. The highest BCUT2D eigenvalue weighted by Gasteiger charge is 2.20. The molecular formula is C20H39NO8. The first kappa shape index (κ1) is 27.9. The summed E-state index contributed by atoms with van der Waals surface area (Å²) in [6.07, 6.45) is 0. The quantitative estimate of drug-likeness (QED) is 0.289. The summed E-state index contributed by atoms with van der Waals surface area (Å²) in [6, 6.07) is 0. The topological polar surface area (TPSA) is 102 Å². The maximum absolute atomic E-state index is 11.6. The van der Waals surface area contributed by atoms with Crippen molar-refractivity contribution in [1.82, 2.24) is 5.32 Å². The lowest BCUT2D eigenvalue weighted by molar-refractivity contribution is -0.128. The van der Waals surface area contributed by atoms with Crippen molar-refractivity contribution in [3.63, 3.8) is 0 Å². The molecule has 0 unspecified atom stereocenters. The molecule has 172 valence electrons. The van der Waals surface area contributed by atoms with E-state index in [9.17, 15) is 9.59 Å². The highest BCUT2D eigenvalue weighted by atomic mass is 16.6. The van der Waals surface area contributed by atoms with E-state index in [1.54, 1.807) is 0 Å². The Kier molecular flexibility index (Phi) is 18.2. The molecule has 29 heavy (non-hydrogen) atoms. The normalized spacial score (nSPS) is 11.6. The van der Waals surface area contributed by atoms with Crippen LogP contribution in [0.15, 0.2) is 0 Å². The monoisotopic (exact) mass is 421 g/mol. The zero-order chi connectivity index (χ0) is 21.8. The number of carbonyl (C=O) groups is 2. The van der Waals surface area contributed by atoms with Crippen molar-refractivity contribution >= 4 is 11.7 Å². The highest BCUT2D eigenvalue weighted by Crippen LogP contribution is 2.11. The molecule has 0 aromatic rings. The Morgan fingerprint density at radius 2 is 0.966 bits per heavy atom. The van der Waals surface area contributed by atoms with Crippen LogP contribution in [-0.2, 0) is 38.0 Å². The SMILES string of the molecule is CC(=O)COCCOCCOCCOCCOCCOCCNC(=O)C(C)(C)C. The first-order valence-electron chi connectivity index (χ1n) is 10.1. The fraction of sp³-hybridized carbons (Fsp3) is 0.900. The van der Waals surface area contributed by atoms with Crippen molar-refractivity contribution in [2.24, 2.45) is 5.41 Å². The zero-order valence-corrected chi connectivity index (χ0v) is 18.5. The third-order valence-electron chi connectivity index (χ3n) is 3.38. The van der Waals surface area contributed by atoms with Crippen molar-refractivity contribution in [1.29, 1.82) is 0 Å². The van der Waals surface area contributed by atoms with E-state index >= 15 is 0 Å². The Morgan fingerprint density at radius 1 is 0.621 bits per heavy atom. The summed E-state index contributed by atoms with van der Waals surface area (Å²) in [4.78, 5) is 22.3. The number of hydrogen-bond donors (Lipinski definition) is 1. The summed E-state index contributed by atoms with van der Waals surface area (Å²) in [5.41, 5.74) is -0.380. The van der Waals surface area contributed by atoms with Crippen LogP contribution in [0.2, 0.25) is 0 Å². The van der Waals surface area contributed by atoms with Crippen LogP contribution in [0.1, 0.15) is 27.7 Å². The van der Waals surface area contributed by atoms with Gasteiger partial charge in [0.15, 0.2) is 5.78 Å². The molecule has 0 radical (unpaired) electrons. The molecule has 0 saturated carbocycles. The minimum atomic E-state index is -0.380. The third-order valence-corrected chi connectivity index (χ3v) is 3.38. The van der Waals surface area contributed by atoms with Crippen LogP contribution in [0.4, 0.5) is 0 Å². The van der Waals surface area contributed by atoms with Gasteiger partial charge >= 0.3 is 0 Å². The molecule has 1 N–H and O–H groups in total. The van der Waals surface area contributed by atoms with Crippen molar-refractivity contribution in [2.75, 3.05) is 85.8 Å². The largest absolute Gasteiger partial charge is 0.377 e. The molecule has 0 aromatic heterocycles. The number of Topliss-reactive ketones (excluding diaryl/α,β-unsaturated/α-hetero) is 1. The van der Waals surface area contributed by atoms with Gasteiger partial charge in [0.25, 0.3) is 0 Å². The van der Waals surface area contributed by atoms with Crippen molar-refractivity contribution < 1.29 is 38.0 Å². The summed E-state index contributed by atoms with van der Waals surface area (Å²) in [5, 5.41) is 2.82. The molecule has 0 rings (SSSR count). The second-order valence-corrected chi connectivity index (χ2v) is 7.32. The lowest BCUT2D eigenvalue weighted by Gasteiger charge is -2.17. The first-order valence-corrected chi connectivity index (χ1v) is 10.1. The van der Waals surface area contributed by atoms with Gasteiger partial charge in [0.1, 0.15) is 6.61 Å². The van der Waals surface area contributed by atoms with E-state index < -0.39 is 0 Å². The van der Waals surface area contributed by atoms with Gasteiger partial charge in [-0.1, -0.05) is 20.8 Å². The minimum Gasteiger partial charge on any atom is -0.377 e. The molecule has 0 aliphatic carbocycles. The van der Waals surface area contributed by atoms with Crippen molar-refractivity contribution in [3.8, 4) is 0 Å². The molecule has 0 bridgehead atoms. The average molecular weight is 422 g/mol. The molecular weight excluding hydrogens is 382 g/mol. The maximum Gasteiger partial charge on any atom is 0.225 e. The van der Waals surface area contributed by atoms with Gasteiger partial charge in [-0.25, -0.2) is 0 Å². The van der Waals surface area contributed by atoms with E-state index in [1.807, 2.05) is 20.8 Å². The number of ether oxygens (including phenoxy) is 6. The van der Waals surface area contributed by atoms with E-state index in [1.165, 1.54) is 6.92 Å². The first-order chi connectivity index (χ1) is 13.8. The van der Waals surface area contributed by atoms with Crippen LogP contribution in [0.3, 0.4) is 0 Å². The standard InChI is InChI=1S/C20H39NO8/c1-18(22)17-29-16-15-28-14-13-27-12-11-26-10-9-25-8-7-24-6-5-21-19(23)20(2,3)4/h5-17H2,1-4H3,(H,21,23). The predicted molar refractivity (Wildman–Crippen MR) is 108 cm³/mol. The van der Waals surface area contributed by atoms with Gasteiger partial charge in [-0.2, -0.15) is 0 Å². The lowest BCUT2D eigenvalue weighted by Crippen LogP contribution is -2.36. The zero-order valence-electron chi connectivity index (χ0n) is 18.5. The van der Waals surface area contributed by atoms with Crippen LogP contribution in [0, 0.1) is 5.41 Å². The fourth-order valence-corrected chi connectivity index (χ4v) is 1.82. The van der Waals surface area contributed by atoms with Crippen LogP contribution >= 0.6 is 0 Å². The van der Waals surface area contributed by atoms with Crippen LogP contribution in [0.25, 0.3) is 0 Å². The van der Waals surface area contributed by atoms with E-state index in [0.29, 0.717) is 79.2 Å². The van der Waals surface area contributed by atoms with Gasteiger partial charge < -0.3 is 33.7 Å². The fourth-order valence-electron chi connectivity index (χ4n) is 1.82. The van der Waals surface area contributed by atoms with Crippen molar-refractivity contribution in [2.45, 2.75) is 27.7 Å². The molecule has 1 amide bonds. The third kappa shape index (κ3) is 21.4. The molecule has 0 heterocycles. The molecule has 0 fully saturated rings. The summed E-state index contributed by atoms with van der Waals surface area (Å²) >= 11 is 0. The van der Waals surface area contributed by atoms with Gasteiger partial charge in [0.2, 0.25) is 5.91 Å². The molecule has 0 saturated heterocycles. The minimum absolute atomic E-state index is 0.00502. The van der Waals surface area contributed by atoms with Crippen LogP contribution < -0.4 is 5.32 Å². The van der Waals surface area contributed by atoms with Gasteiger partial charge in [-0.3, -0.25) is 9.59 Å². The molecule has 9 nitrogen and oxygen atoms in total. The summed E-state index contributed by atoms with van der Waals surface area (Å²) in [7, 11) is 0. The number of hydrogen-bond acceptors (Lipinski definition) is 8. The molecule has 0 aromatic carbocycles. The Balaban J connectivity index is 3.12. The molecule has 0 aliphatic rings. The smallest absolute Gasteiger partial charge is 0.225 e. The molecule has 0 atom stereocenters. The number of nitrogens with one attached hydrogen (secondary N) is 1. The maximum atomic E-state index is 11.6. The highest BCUT2D eigenvalue weighted by molar-refractivity contribution is 5.81. The predicted octanol–water partition coefficient (Wildman–Crippen LogP) is 0.837. The Bertz CT molecular complexity index is 412. The van der Waals surface area contributed by atoms with E-state index in [2.05, 4.69) is 5.32 Å². The van der Waals surface area contributed by atoms with Crippen LogP contribution in [0.5, 0.6) is 0 Å². The van der Waals surface area contributed by atoms with E-state index in [-0.39, 0.29) is 23.7 Å². The lowest BCUT2D eigenvalue weighted by atomic mass is 9.96. The number of rotatable bonds is 20. The molecule has 0 aliphatic heterocycles. The number of carbonyl (C=O) groups excluding carboxylic acids is 2. The number of amides is 1. The Labute approximate surface area is 174 Å².